The fourth-order valence-electron chi connectivity index (χ4n) is 8.10. The molecule has 0 radical (unpaired) electrons. The molecule has 0 aromatic heterocycles. The van der Waals surface area contributed by atoms with Crippen molar-refractivity contribution in [1.29, 1.82) is 0 Å². The Morgan fingerprint density at radius 3 is 1.62 bits per heavy atom. The molecular weight excluding hydrogens is 639 g/mol. The summed E-state index contributed by atoms with van der Waals surface area (Å²) in [6.45, 7) is 0. The highest BCUT2D eigenvalue weighted by Gasteiger charge is 2.22. The van der Waals surface area contributed by atoms with Crippen molar-refractivity contribution in [2.75, 3.05) is 4.90 Å². The van der Waals surface area contributed by atoms with Gasteiger partial charge in [0.15, 0.2) is 0 Å². The molecule has 10 aromatic rings. The van der Waals surface area contributed by atoms with Gasteiger partial charge >= 0.3 is 0 Å². The number of benzene rings is 10. The molecule has 10 rings (SSSR count). The van der Waals surface area contributed by atoms with E-state index in [9.17, 15) is 0 Å². The van der Waals surface area contributed by atoms with Gasteiger partial charge in [0.25, 0.3) is 0 Å². The number of fused-ring (bicyclic) bond motifs is 5. The third kappa shape index (κ3) is 5.42. The molecule has 10 aromatic carbocycles. The molecule has 248 valence electrons. The molecule has 0 saturated heterocycles. The van der Waals surface area contributed by atoms with Crippen LogP contribution in [-0.2, 0) is 0 Å². The quantitative estimate of drug-likeness (QED) is 0.159. The molecule has 53 heavy (non-hydrogen) atoms. The molecule has 1 nitrogen and oxygen atoms in total. The van der Waals surface area contributed by atoms with Crippen LogP contribution in [0.2, 0.25) is 0 Å². The van der Waals surface area contributed by atoms with Gasteiger partial charge in [-0.1, -0.05) is 176 Å². The van der Waals surface area contributed by atoms with E-state index in [0.717, 1.165) is 17.1 Å². The van der Waals surface area contributed by atoms with Crippen LogP contribution in [0.1, 0.15) is 0 Å². The Balaban J connectivity index is 1.21. The van der Waals surface area contributed by atoms with Crippen molar-refractivity contribution in [2.24, 2.45) is 0 Å². The Bertz CT molecular complexity index is 2940. The molecule has 0 atom stereocenters. The van der Waals surface area contributed by atoms with Gasteiger partial charge in [-0.05, 0) is 102 Å². The second-order valence-electron chi connectivity index (χ2n) is 13.7. The van der Waals surface area contributed by atoms with E-state index in [0.29, 0.717) is 0 Å². The molecule has 1 heteroatoms. The lowest BCUT2D eigenvalue weighted by molar-refractivity contribution is 1.30. The third-order valence-electron chi connectivity index (χ3n) is 10.6. The molecule has 0 N–H and O–H groups in total. The van der Waals surface area contributed by atoms with Crippen molar-refractivity contribution in [3.8, 4) is 33.4 Å². The Kier molecular flexibility index (Phi) is 7.55. The fourth-order valence-corrected chi connectivity index (χ4v) is 8.10. The third-order valence-corrected chi connectivity index (χ3v) is 10.6. The van der Waals surface area contributed by atoms with E-state index in [1.54, 1.807) is 0 Å². The number of anilines is 3. The molecule has 0 aliphatic heterocycles. The van der Waals surface area contributed by atoms with Crippen molar-refractivity contribution in [1.82, 2.24) is 0 Å². The van der Waals surface area contributed by atoms with E-state index < -0.39 is 0 Å². The van der Waals surface area contributed by atoms with Gasteiger partial charge in [-0.3, -0.25) is 0 Å². The molecule has 0 saturated carbocycles. The lowest BCUT2D eigenvalue weighted by atomic mass is 9.91. The lowest BCUT2D eigenvalue weighted by Crippen LogP contribution is -2.12. The highest BCUT2D eigenvalue weighted by atomic mass is 15.1. The van der Waals surface area contributed by atoms with Crippen LogP contribution in [0.15, 0.2) is 212 Å². The Morgan fingerprint density at radius 1 is 0.245 bits per heavy atom. The summed E-state index contributed by atoms with van der Waals surface area (Å²) in [4.78, 5) is 2.46. The van der Waals surface area contributed by atoms with Crippen molar-refractivity contribution < 1.29 is 0 Å². The maximum absolute atomic E-state index is 2.46. The summed E-state index contributed by atoms with van der Waals surface area (Å²) in [5.41, 5.74) is 10.6. The zero-order chi connectivity index (χ0) is 35.1. The summed E-state index contributed by atoms with van der Waals surface area (Å²) in [5.74, 6) is 0. The molecule has 0 heterocycles. The van der Waals surface area contributed by atoms with E-state index in [-0.39, 0.29) is 0 Å². The molecule has 0 bridgehead atoms. The van der Waals surface area contributed by atoms with Gasteiger partial charge in [-0.2, -0.15) is 0 Å². The molecule has 0 fully saturated rings. The van der Waals surface area contributed by atoms with Crippen molar-refractivity contribution in [3.05, 3.63) is 212 Å². The van der Waals surface area contributed by atoms with E-state index in [1.165, 1.54) is 76.5 Å². The largest absolute Gasteiger partial charge is 0.309 e. The Morgan fingerprint density at radius 2 is 0.830 bits per heavy atom. The van der Waals surface area contributed by atoms with Crippen molar-refractivity contribution in [2.45, 2.75) is 0 Å². The maximum atomic E-state index is 2.46. The zero-order valence-corrected chi connectivity index (χ0v) is 29.2. The predicted octanol–water partition coefficient (Wildman–Crippen LogP) is 14.8. The average Bonchev–Trinajstić information content (AvgIpc) is 3.24. The number of nitrogens with zero attached hydrogens (tertiary/aromatic N) is 1. The molecule has 0 aliphatic rings. The Labute approximate surface area is 309 Å². The normalized spacial score (nSPS) is 11.4. The van der Waals surface area contributed by atoms with E-state index >= 15 is 0 Å². The number of rotatable bonds is 6. The van der Waals surface area contributed by atoms with Crippen LogP contribution in [-0.4, -0.2) is 0 Å². The molecule has 0 spiro atoms. The summed E-state index contributed by atoms with van der Waals surface area (Å²) >= 11 is 0. The highest BCUT2D eigenvalue weighted by molar-refractivity contribution is 6.15. The highest BCUT2D eigenvalue weighted by Crippen LogP contribution is 2.47. The summed E-state index contributed by atoms with van der Waals surface area (Å²) < 4.78 is 0. The monoisotopic (exact) mass is 673 g/mol. The summed E-state index contributed by atoms with van der Waals surface area (Å²) in [7, 11) is 0. The molecule has 0 aliphatic carbocycles. The van der Waals surface area contributed by atoms with E-state index in [1.807, 2.05) is 0 Å². The van der Waals surface area contributed by atoms with Crippen molar-refractivity contribution >= 4 is 60.2 Å². The maximum Gasteiger partial charge on any atom is 0.0540 e. The van der Waals surface area contributed by atoms with E-state index in [4.69, 9.17) is 0 Å². The minimum absolute atomic E-state index is 1.10. The van der Waals surface area contributed by atoms with Gasteiger partial charge < -0.3 is 4.90 Å². The van der Waals surface area contributed by atoms with Gasteiger partial charge in [0, 0.05) is 16.6 Å². The van der Waals surface area contributed by atoms with Gasteiger partial charge in [0.05, 0.1) is 11.4 Å². The van der Waals surface area contributed by atoms with Gasteiger partial charge in [-0.25, -0.2) is 0 Å². The van der Waals surface area contributed by atoms with E-state index in [2.05, 4.69) is 217 Å². The van der Waals surface area contributed by atoms with Crippen LogP contribution < -0.4 is 4.90 Å². The Hall–Kier alpha value is -6.96. The summed E-state index contributed by atoms with van der Waals surface area (Å²) in [5, 5.41) is 9.94. The second-order valence-corrected chi connectivity index (χ2v) is 13.7. The first-order valence-electron chi connectivity index (χ1n) is 18.3. The zero-order valence-electron chi connectivity index (χ0n) is 29.2. The van der Waals surface area contributed by atoms with Gasteiger partial charge in [0.2, 0.25) is 0 Å². The molecule has 0 amide bonds. The number of hydrogen-bond donors (Lipinski definition) is 0. The number of hydrogen-bond acceptors (Lipinski definition) is 1. The number of para-hydroxylation sites is 1. The first-order valence-corrected chi connectivity index (χ1v) is 18.3. The van der Waals surface area contributed by atoms with Gasteiger partial charge in [-0.15, -0.1) is 0 Å². The molecule has 0 unspecified atom stereocenters. The van der Waals surface area contributed by atoms with Gasteiger partial charge in [0.1, 0.15) is 0 Å². The fraction of sp³-hybridized carbons (Fsp3) is 0. The first kappa shape index (κ1) is 30.8. The standard InChI is InChI=1S/C52H35N/c1-2-15-38(16-3-1)44-32-33-52(48-23-11-10-21-46(44)48)53(42-30-28-37(29-31-42)40-27-26-36-14-4-5-17-39(36)34-40)51-25-13-12-24-49(51)50-35-41-18-6-7-19-43(41)45-20-8-9-22-47(45)50/h1-35H. The molecular formula is C52H35N. The average molecular weight is 674 g/mol. The minimum atomic E-state index is 1.10. The van der Waals surface area contributed by atoms with Crippen LogP contribution in [0, 0.1) is 0 Å². The van der Waals surface area contributed by atoms with Crippen LogP contribution in [0.5, 0.6) is 0 Å². The minimum Gasteiger partial charge on any atom is -0.309 e. The summed E-state index contributed by atoms with van der Waals surface area (Å²) in [6, 6.07) is 77.3. The smallest absolute Gasteiger partial charge is 0.0540 e. The summed E-state index contributed by atoms with van der Waals surface area (Å²) in [6.07, 6.45) is 0. The van der Waals surface area contributed by atoms with Crippen LogP contribution in [0.4, 0.5) is 17.1 Å². The topological polar surface area (TPSA) is 3.24 Å². The predicted molar refractivity (Wildman–Crippen MR) is 227 cm³/mol. The van der Waals surface area contributed by atoms with Crippen LogP contribution in [0.25, 0.3) is 76.5 Å². The lowest BCUT2D eigenvalue weighted by Gasteiger charge is -2.30. The van der Waals surface area contributed by atoms with Crippen LogP contribution >= 0.6 is 0 Å². The van der Waals surface area contributed by atoms with Crippen LogP contribution in [0.3, 0.4) is 0 Å². The first-order chi connectivity index (χ1) is 26.3. The second kappa shape index (κ2) is 13.0. The SMILES string of the molecule is c1ccc(-c2ccc(N(c3ccc(-c4ccc5ccccc5c4)cc3)c3ccccc3-c3cc4ccccc4c4ccccc34)c3ccccc23)cc1. The van der Waals surface area contributed by atoms with Crippen molar-refractivity contribution in [3.63, 3.8) is 0 Å².